The van der Waals surface area contributed by atoms with Gasteiger partial charge in [-0.05, 0) is 49.2 Å². The summed E-state index contributed by atoms with van der Waals surface area (Å²) in [6.45, 7) is 1.42. The van der Waals surface area contributed by atoms with E-state index in [4.69, 9.17) is 20.3 Å². The van der Waals surface area contributed by atoms with Crippen molar-refractivity contribution in [2.75, 3.05) is 18.9 Å². The lowest BCUT2D eigenvalue weighted by molar-refractivity contribution is 0.0564. The average Bonchev–Trinajstić information content (AvgIpc) is 3.17. The molecule has 0 amide bonds. The summed E-state index contributed by atoms with van der Waals surface area (Å²) in [5.74, 6) is 1.98. The van der Waals surface area contributed by atoms with Gasteiger partial charge in [0.25, 0.3) is 0 Å². The van der Waals surface area contributed by atoms with Gasteiger partial charge in [0.15, 0.2) is 5.65 Å². The summed E-state index contributed by atoms with van der Waals surface area (Å²) >= 11 is 0. The number of nitrogen functional groups attached to an aromatic ring is 1. The van der Waals surface area contributed by atoms with Gasteiger partial charge in [-0.25, -0.2) is 14.6 Å². The molecule has 4 aromatic rings. The molecule has 0 bridgehead atoms. The first-order valence-corrected chi connectivity index (χ1v) is 9.69. The van der Waals surface area contributed by atoms with Gasteiger partial charge in [0, 0.05) is 12.2 Å². The van der Waals surface area contributed by atoms with Crippen molar-refractivity contribution in [1.82, 2.24) is 19.7 Å². The van der Waals surface area contributed by atoms with Gasteiger partial charge >= 0.3 is 0 Å². The number of hydrogen-bond donors (Lipinski definition) is 1. The van der Waals surface area contributed by atoms with E-state index in [1.165, 1.54) is 6.33 Å². The molecular formula is C22H21N5O2. The molecule has 1 unspecified atom stereocenters. The maximum Gasteiger partial charge on any atom is 0.164 e. The van der Waals surface area contributed by atoms with Crippen molar-refractivity contribution in [2.45, 2.75) is 18.9 Å². The van der Waals surface area contributed by atoms with E-state index in [-0.39, 0.29) is 6.04 Å². The van der Waals surface area contributed by atoms with Crippen LogP contribution >= 0.6 is 0 Å². The van der Waals surface area contributed by atoms with Crippen LogP contribution in [0.1, 0.15) is 18.9 Å². The molecule has 3 heterocycles. The topological polar surface area (TPSA) is 88.1 Å². The van der Waals surface area contributed by atoms with Crippen LogP contribution in [0, 0.1) is 0 Å². The monoisotopic (exact) mass is 387 g/mol. The van der Waals surface area contributed by atoms with Gasteiger partial charge in [0.05, 0.1) is 18.0 Å². The molecule has 5 rings (SSSR count). The van der Waals surface area contributed by atoms with Gasteiger partial charge in [-0.3, -0.25) is 0 Å². The van der Waals surface area contributed by atoms with Crippen LogP contribution in [0.3, 0.4) is 0 Å². The highest BCUT2D eigenvalue weighted by Crippen LogP contribution is 2.34. The van der Waals surface area contributed by atoms with Gasteiger partial charge in [-0.2, -0.15) is 5.10 Å². The maximum absolute atomic E-state index is 6.21. The Bertz CT molecular complexity index is 1120. The van der Waals surface area contributed by atoms with Crippen molar-refractivity contribution in [3.05, 3.63) is 60.9 Å². The molecule has 1 atom stereocenters. The molecule has 7 heteroatoms. The first-order valence-electron chi connectivity index (χ1n) is 9.69. The van der Waals surface area contributed by atoms with Gasteiger partial charge in [0.2, 0.25) is 0 Å². The Morgan fingerprint density at radius 2 is 1.79 bits per heavy atom. The van der Waals surface area contributed by atoms with E-state index in [2.05, 4.69) is 9.97 Å². The van der Waals surface area contributed by atoms with E-state index in [1.54, 1.807) is 0 Å². The third-order valence-electron chi connectivity index (χ3n) is 5.11. The third kappa shape index (κ3) is 3.40. The summed E-state index contributed by atoms with van der Waals surface area (Å²) in [6.07, 6.45) is 3.50. The number of aromatic nitrogens is 4. The van der Waals surface area contributed by atoms with Crippen molar-refractivity contribution < 1.29 is 9.47 Å². The molecule has 146 valence electrons. The van der Waals surface area contributed by atoms with E-state index in [9.17, 15) is 0 Å². The van der Waals surface area contributed by atoms with Crippen LogP contribution in [0.4, 0.5) is 5.82 Å². The summed E-state index contributed by atoms with van der Waals surface area (Å²) in [5.41, 5.74) is 8.66. The van der Waals surface area contributed by atoms with E-state index in [0.29, 0.717) is 12.4 Å². The van der Waals surface area contributed by atoms with E-state index in [1.807, 2.05) is 59.3 Å². The van der Waals surface area contributed by atoms with Crippen LogP contribution in [-0.2, 0) is 4.74 Å². The van der Waals surface area contributed by atoms with Crippen molar-refractivity contribution in [1.29, 1.82) is 0 Å². The lowest BCUT2D eigenvalue weighted by atomic mass is 10.1. The van der Waals surface area contributed by atoms with Gasteiger partial charge in [-0.15, -0.1) is 0 Å². The smallest absolute Gasteiger partial charge is 0.164 e. The standard InChI is InChI=1S/C22H21N5O2/c23-21-19-20(15-8-10-18(11-9-15)29-17-6-2-1-3-7-17)26-27(22(19)25-14-24-21)16-5-4-12-28-13-16/h1-3,6-11,14,16H,4-5,12-13H2,(H2,23,24,25). The number of fused-ring (bicyclic) bond motifs is 1. The largest absolute Gasteiger partial charge is 0.457 e. The predicted molar refractivity (Wildman–Crippen MR) is 111 cm³/mol. The van der Waals surface area contributed by atoms with Crippen LogP contribution in [0.15, 0.2) is 60.9 Å². The molecule has 29 heavy (non-hydrogen) atoms. The van der Waals surface area contributed by atoms with Crippen molar-refractivity contribution in [2.24, 2.45) is 0 Å². The van der Waals surface area contributed by atoms with Gasteiger partial charge < -0.3 is 15.2 Å². The Kier molecular flexibility index (Phi) is 4.57. The number of rotatable bonds is 4. The minimum Gasteiger partial charge on any atom is -0.457 e. The fourth-order valence-corrected chi connectivity index (χ4v) is 3.67. The Morgan fingerprint density at radius 3 is 2.55 bits per heavy atom. The molecule has 0 spiro atoms. The number of ether oxygens (including phenoxy) is 2. The second-order valence-corrected chi connectivity index (χ2v) is 7.06. The molecule has 2 N–H and O–H groups in total. The molecule has 1 aliphatic rings. The van der Waals surface area contributed by atoms with Crippen molar-refractivity contribution in [3.63, 3.8) is 0 Å². The highest BCUT2D eigenvalue weighted by molar-refractivity contribution is 5.98. The van der Waals surface area contributed by atoms with Crippen LogP contribution in [-0.4, -0.2) is 33.0 Å². The molecule has 0 aliphatic carbocycles. The Morgan fingerprint density at radius 1 is 1.00 bits per heavy atom. The first kappa shape index (κ1) is 17.6. The highest BCUT2D eigenvalue weighted by Gasteiger charge is 2.24. The number of nitrogens with zero attached hydrogens (tertiary/aromatic N) is 4. The van der Waals surface area contributed by atoms with E-state index >= 15 is 0 Å². The van der Waals surface area contributed by atoms with Crippen molar-refractivity contribution in [3.8, 4) is 22.8 Å². The van der Waals surface area contributed by atoms with Crippen molar-refractivity contribution >= 4 is 16.9 Å². The zero-order chi connectivity index (χ0) is 19.6. The minimum atomic E-state index is 0.148. The number of para-hydroxylation sites is 1. The Labute approximate surface area is 168 Å². The lowest BCUT2D eigenvalue weighted by Crippen LogP contribution is -2.22. The zero-order valence-electron chi connectivity index (χ0n) is 15.9. The quantitative estimate of drug-likeness (QED) is 0.564. The minimum absolute atomic E-state index is 0.148. The summed E-state index contributed by atoms with van der Waals surface area (Å²) in [5, 5.41) is 5.64. The van der Waals surface area contributed by atoms with Crippen LogP contribution in [0.25, 0.3) is 22.3 Å². The van der Waals surface area contributed by atoms with Crippen LogP contribution in [0.2, 0.25) is 0 Å². The summed E-state index contributed by atoms with van der Waals surface area (Å²) in [6, 6.07) is 17.7. The second-order valence-electron chi connectivity index (χ2n) is 7.06. The Hall–Kier alpha value is -3.45. The molecule has 0 radical (unpaired) electrons. The van der Waals surface area contributed by atoms with Crippen LogP contribution in [0.5, 0.6) is 11.5 Å². The summed E-state index contributed by atoms with van der Waals surface area (Å²) in [4.78, 5) is 8.65. The number of nitrogens with two attached hydrogens (primary N) is 1. The normalized spacial score (nSPS) is 16.8. The van der Waals surface area contributed by atoms with Gasteiger partial charge in [-0.1, -0.05) is 18.2 Å². The molecule has 1 saturated heterocycles. The molecule has 1 aliphatic heterocycles. The lowest BCUT2D eigenvalue weighted by Gasteiger charge is -2.22. The maximum atomic E-state index is 6.21. The molecule has 1 fully saturated rings. The first-order chi connectivity index (χ1) is 14.3. The fourth-order valence-electron chi connectivity index (χ4n) is 3.67. The number of anilines is 1. The van der Waals surface area contributed by atoms with E-state index in [0.717, 1.165) is 53.2 Å². The number of hydrogen-bond acceptors (Lipinski definition) is 6. The predicted octanol–water partition coefficient (Wildman–Crippen LogP) is 4.22. The summed E-state index contributed by atoms with van der Waals surface area (Å²) < 4.78 is 13.5. The molecule has 2 aromatic heterocycles. The summed E-state index contributed by atoms with van der Waals surface area (Å²) in [7, 11) is 0. The second kappa shape index (κ2) is 7.52. The average molecular weight is 387 g/mol. The van der Waals surface area contributed by atoms with Gasteiger partial charge in [0.1, 0.15) is 29.3 Å². The SMILES string of the molecule is Nc1ncnc2c1c(-c1ccc(Oc3ccccc3)cc1)nn2C1CCCOC1. The van der Waals surface area contributed by atoms with E-state index < -0.39 is 0 Å². The number of benzene rings is 2. The molecule has 0 saturated carbocycles. The Balaban J connectivity index is 1.52. The molecule has 2 aromatic carbocycles. The molecular weight excluding hydrogens is 366 g/mol. The highest BCUT2D eigenvalue weighted by atomic mass is 16.5. The third-order valence-corrected chi connectivity index (χ3v) is 5.11. The van der Waals surface area contributed by atoms with Crippen LogP contribution < -0.4 is 10.5 Å². The fraction of sp³-hybridized carbons (Fsp3) is 0.227. The zero-order valence-corrected chi connectivity index (χ0v) is 15.9. The molecule has 7 nitrogen and oxygen atoms in total.